The van der Waals surface area contributed by atoms with Crippen molar-refractivity contribution in [2.75, 3.05) is 0 Å². The van der Waals surface area contributed by atoms with E-state index in [9.17, 15) is 4.39 Å². The van der Waals surface area contributed by atoms with Gasteiger partial charge in [0.25, 0.3) is 0 Å². The van der Waals surface area contributed by atoms with Gasteiger partial charge in [0, 0.05) is 0 Å². The van der Waals surface area contributed by atoms with Crippen LogP contribution in [0, 0.1) is 5.82 Å². The van der Waals surface area contributed by atoms with Crippen LogP contribution in [0.15, 0.2) is 30.4 Å². The van der Waals surface area contributed by atoms with E-state index in [0.717, 1.165) is 12.0 Å². The average Bonchev–Trinajstić information content (AvgIpc) is 2.15. The van der Waals surface area contributed by atoms with Crippen molar-refractivity contribution in [1.82, 2.24) is 0 Å². The van der Waals surface area contributed by atoms with Crippen LogP contribution in [0.4, 0.5) is 4.39 Å². The van der Waals surface area contributed by atoms with Crippen LogP contribution in [0.5, 0.6) is 0 Å². The van der Waals surface area contributed by atoms with Crippen molar-refractivity contribution in [3.8, 4) is 0 Å². The Morgan fingerprint density at radius 3 is 2.64 bits per heavy atom. The van der Waals surface area contributed by atoms with Crippen LogP contribution in [0.25, 0.3) is 0 Å². The number of allylic oxidation sites excluding steroid dienone is 2. The molecule has 1 aromatic carbocycles. The van der Waals surface area contributed by atoms with Gasteiger partial charge in [0.05, 0.1) is 0 Å². The Kier molecular flexibility index (Phi) is 3.87. The molecule has 1 rings (SSSR count). The standard InChI is InChI=1S/C13H17F/c1-4-5-6-11-7-8-12(14)9-13(11)10(2)3/h4-5,7-10H,6H2,1-3H3/b5-4-. The zero-order chi connectivity index (χ0) is 10.6. The Labute approximate surface area is 85.5 Å². The maximum absolute atomic E-state index is 13.0. The molecule has 0 bridgehead atoms. The van der Waals surface area contributed by atoms with Crippen molar-refractivity contribution in [2.24, 2.45) is 0 Å². The third-order valence-electron chi connectivity index (χ3n) is 2.30. The van der Waals surface area contributed by atoms with Gasteiger partial charge in [-0.25, -0.2) is 4.39 Å². The van der Waals surface area contributed by atoms with Crippen LogP contribution < -0.4 is 0 Å². The molecular formula is C13H17F. The van der Waals surface area contributed by atoms with E-state index >= 15 is 0 Å². The number of hydrogen-bond donors (Lipinski definition) is 0. The highest BCUT2D eigenvalue weighted by Crippen LogP contribution is 2.21. The Morgan fingerprint density at radius 2 is 2.07 bits per heavy atom. The van der Waals surface area contributed by atoms with Gasteiger partial charge < -0.3 is 0 Å². The third-order valence-corrected chi connectivity index (χ3v) is 2.30. The highest BCUT2D eigenvalue weighted by Gasteiger charge is 2.06. The van der Waals surface area contributed by atoms with E-state index in [2.05, 4.69) is 19.9 Å². The smallest absolute Gasteiger partial charge is 0.123 e. The van der Waals surface area contributed by atoms with E-state index in [1.165, 1.54) is 11.6 Å². The summed E-state index contributed by atoms with van der Waals surface area (Å²) in [6.07, 6.45) is 5.01. The average molecular weight is 192 g/mol. The Morgan fingerprint density at radius 1 is 1.36 bits per heavy atom. The maximum atomic E-state index is 13.0. The maximum Gasteiger partial charge on any atom is 0.123 e. The molecule has 1 aromatic rings. The van der Waals surface area contributed by atoms with Crippen molar-refractivity contribution in [2.45, 2.75) is 33.1 Å². The number of hydrogen-bond acceptors (Lipinski definition) is 0. The molecule has 0 saturated carbocycles. The molecule has 76 valence electrons. The molecule has 0 heterocycles. The molecule has 0 aliphatic rings. The second-order valence-corrected chi connectivity index (χ2v) is 3.77. The molecule has 0 N–H and O–H groups in total. The topological polar surface area (TPSA) is 0 Å². The van der Waals surface area contributed by atoms with E-state index in [4.69, 9.17) is 0 Å². The first-order valence-electron chi connectivity index (χ1n) is 5.04. The van der Waals surface area contributed by atoms with E-state index in [0.29, 0.717) is 5.92 Å². The molecule has 0 saturated heterocycles. The molecule has 0 amide bonds. The Hall–Kier alpha value is -1.11. The number of rotatable bonds is 3. The molecule has 0 aliphatic carbocycles. The minimum absolute atomic E-state index is 0.141. The Balaban J connectivity index is 3.02. The lowest BCUT2D eigenvalue weighted by Crippen LogP contribution is -1.96. The van der Waals surface area contributed by atoms with Crippen molar-refractivity contribution in [1.29, 1.82) is 0 Å². The second kappa shape index (κ2) is 4.94. The molecule has 14 heavy (non-hydrogen) atoms. The molecular weight excluding hydrogens is 175 g/mol. The van der Waals surface area contributed by atoms with E-state index < -0.39 is 0 Å². The lowest BCUT2D eigenvalue weighted by Gasteiger charge is -2.11. The first-order valence-corrected chi connectivity index (χ1v) is 5.04. The predicted octanol–water partition coefficient (Wildman–Crippen LogP) is 4.07. The summed E-state index contributed by atoms with van der Waals surface area (Å²) in [5.74, 6) is 0.240. The van der Waals surface area contributed by atoms with Crippen molar-refractivity contribution < 1.29 is 4.39 Å². The molecule has 0 atom stereocenters. The highest BCUT2D eigenvalue weighted by atomic mass is 19.1. The van der Waals surface area contributed by atoms with Gasteiger partial charge in [-0.15, -0.1) is 0 Å². The summed E-state index contributed by atoms with van der Waals surface area (Å²) >= 11 is 0. The molecule has 1 heteroatoms. The van der Waals surface area contributed by atoms with Gasteiger partial charge in [-0.05, 0) is 42.5 Å². The predicted molar refractivity (Wildman–Crippen MR) is 59.0 cm³/mol. The molecule has 0 aromatic heterocycles. The fraction of sp³-hybridized carbons (Fsp3) is 0.385. The molecule has 0 fully saturated rings. The zero-order valence-electron chi connectivity index (χ0n) is 9.05. The largest absolute Gasteiger partial charge is 0.207 e. The first-order chi connectivity index (χ1) is 6.65. The van der Waals surface area contributed by atoms with Crippen LogP contribution >= 0.6 is 0 Å². The van der Waals surface area contributed by atoms with Gasteiger partial charge in [0.2, 0.25) is 0 Å². The van der Waals surface area contributed by atoms with Crippen LogP contribution in [0.3, 0.4) is 0 Å². The van der Waals surface area contributed by atoms with E-state index in [-0.39, 0.29) is 5.82 Å². The fourth-order valence-corrected chi connectivity index (χ4v) is 1.53. The minimum Gasteiger partial charge on any atom is -0.207 e. The summed E-state index contributed by atoms with van der Waals surface area (Å²) in [4.78, 5) is 0. The summed E-state index contributed by atoms with van der Waals surface area (Å²) in [5, 5.41) is 0. The van der Waals surface area contributed by atoms with Gasteiger partial charge in [0.15, 0.2) is 0 Å². The SMILES string of the molecule is C/C=C\Cc1ccc(F)cc1C(C)C. The third kappa shape index (κ3) is 2.69. The van der Waals surface area contributed by atoms with Crippen LogP contribution in [-0.2, 0) is 6.42 Å². The number of benzene rings is 1. The van der Waals surface area contributed by atoms with Gasteiger partial charge >= 0.3 is 0 Å². The monoisotopic (exact) mass is 192 g/mol. The molecule has 0 spiro atoms. The van der Waals surface area contributed by atoms with Crippen molar-refractivity contribution >= 4 is 0 Å². The molecule has 0 nitrogen and oxygen atoms in total. The zero-order valence-corrected chi connectivity index (χ0v) is 9.05. The summed E-state index contributed by atoms with van der Waals surface area (Å²) in [6.45, 7) is 6.18. The summed E-state index contributed by atoms with van der Waals surface area (Å²) in [5.41, 5.74) is 2.34. The van der Waals surface area contributed by atoms with Crippen molar-refractivity contribution in [3.05, 3.63) is 47.3 Å². The van der Waals surface area contributed by atoms with Crippen LogP contribution in [0.2, 0.25) is 0 Å². The second-order valence-electron chi connectivity index (χ2n) is 3.77. The summed E-state index contributed by atoms with van der Waals surface area (Å²) in [6, 6.07) is 5.05. The lowest BCUT2D eigenvalue weighted by molar-refractivity contribution is 0.622. The summed E-state index contributed by atoms with van der Waals surface area (Å²) < 4.78 is 13.0. The molecule has 0 aliphatic heterocycles. The first kappa shape index (κ1) is 11.0. The van der Waals surface area contributed by atoms with Crippen molar-refractivity contribution in [3.63, 3.8) is 0 Å². The Bertz CT molecular complexity index is 324. The number of halogens is 1. The molecule has 0 unspecified atom stereocenters. The quantitative estimate of drug-likeness (QED) is 0.633. The minimum atomic E-state index is -0.141. The fourth-order valence-electron chi connectivity index (χ4n) is 1.53. The lowest BCUT2D eigenvalue weighted by atomic mass is 9.95. The van der Waals surface area contributed by atoms with Gasteiger partial charge in [-0.3, -0.25) is 0 Å². The van der Waals surface area contributed by atoms with E-state index in [1.54, 1.807) is 6.07 Å². The normalized spacial score (nSPS) is 11.5. The van der Waals surface area contributed by atoms with Gasteiger partial charge in [0.1, 0.15) is 5.82 Å². The molecule has 0 radical (unpaired) electrons. The van der Waals surface area contributed by atoms with Gasteiger partial charge in [-0.2, -0.15) is 0 Å². The highest BCUT2D eigenvalue weighted by molar-refractivity contribution is 5.32. The van der Waals surface area contributed by atoms with Crippen LogP contribution in [0.1, 0.15) is 37.8 Å². The van der Waals surface area contributed by atoms with Gasteiger partial charge in [-0.1, -0.05) is 32.1 Å². The summed E-state index contributed by atoms with van der Waals surface area (Å²) in [7, 11) is 0. The van der Waals surface area contributed by atoms with Crippen LogP contribution in [-0.4, -0.2) is 0 Å². The van der Waals surface area contributed by atoms with E-state index in [1.807, 2.05) is 19.1 Å².